The maximum atomic E-state index is 13.9. The van der Waals surface area contributed by atoms with Crippen molar-refractivity contribution < 1.29 is 33.8 Å². The highest BCUT2D eigenvalue weighted by molar-refractivity contribution is 6.31. The number of nitrogens with one attached hydrogen (secondary N) is 2. The van der Waals surface area contributed by atoms with Crippen LogP contribution in [0.1, 0.15) is 120 Å². The topological polar surface area (TPSA) is 195 Å². The lowest BCUT2D eigenvalue weighted by Crippen LogP contribution is -2.74. The number of β-amino-alcohol motifs (C(OH)–C–C–N with tert-alkyl or cyclic N) is 1. The zero-order valence-corrected chi connectivity index (χ0v) is 38.3. The van der Waals surface area contributed by atoms with Gasteiger partial charge < -0.3 is 30.1 Å². The highest BCUT2D eigenvalue weighted by Crippen LogP contribution is 2.55. The lowest BCUT2D eigenvalue weighted by molar-refractivity contribution is -0.164. The molecule has 0 radical (unpaired) electrons. The maximum absolute atomic E-state index is 13.9. The molecule has 13 nitrogen and oxygen atoms in total. The number of halogens is 1. The molecule has 1 aromatic heterocycles. The average Bonchev–Trinajstić information content (AvgIpc) is 3.65. The Hall–Kier alpha value is -5.34. The van der Waals surface area contributed by atoms with Crippen LogP contribution in [-0.2, 0) is 32.0 Å². The number of nitriles is 2. The summed E-state index contributed by atoms with van der Waals surface area (Å²) in [7, 11) is 0. The molecule has 0 spiro atoms. The summed E-state index contributed by atoms with van der Waals surface area (Å²) in [6, 6.07) is 18.2. The smallest absolute Gasteiger partial charge is 0.251 e. The van der Waals surface area contributed by atoms with E-state index >= 15 is 0 Å². The van der Waals surface area contributed by atoms with Crippen LogP contribution in [0.5, 0.6) is 5.75 Å². The quantitative estimate of drug-likeness (QED) is 0.107. The summed E-state index contributed by atoms with van der Waals surface area (Å²) < 4.78 is 12.0. The molecule has 336 valence electrons. The predicted molar refractivity (Wildman–Crippen MR) is 239 cm³/mol. The van der Waals surface area contributed by atoms with Crippen LogP contribution in [0, 0.1) is 38.9 Å². The van der Waals surface area contributed by atoms with Crippen LogP contribution >= 0.6 is 11.6 Å². The number of aliphatic hydroxyl groups excluding tert-OH is 1. The second kappa shape index (κ2) is 20.9. The molecular weight excluding hydrogens is 820 g/mol. The number of aromatic nitrogens is 1. The van der Waals surface area contributed by atoms with Gasteiger partial charge in [-0.15, -0.1) is 0 Å². The van der Waals surface area contributed by atoms with Gasteiger partial charge in [-0.1, -0.05) is 91.1 Å². The Bertz CT molecular complexity index is 2170. The molecule has 2 fully saturated rings. The Balaban J connectivity index is 0.991. The summed E-state index contributed by atoms with van der Waals surface area (Å²) in [5, 5.41) is 35.1. The Kier molecular flexibility index (Phi) is 16.1. The first kappa shape index (κ1) is 48.7. The number of hydrogen-bond acceptors (Lipinski definition) is 10. The van der Waals surface area contributed by atoms with E-state index in [-0.39, 0.29) is 66.4 Å². The van der Waals surface area contributed by atoms with E-state index in [1.807, 2.05) is 51.1 Å². The van der Waals surface area contributed by atoms with Crippen molar-refractivity contribution in [3.05, 3.63) is 93.8 Å². The highest BCUT2D eigenvalue weighted by atomic mass is 35.5. The molecule has 0 bridgehead atoms. The first-order chi connectivity index (χ1) is 29.8. The first-order valence-electron chi connectivity index (χ1n) is 21.8. The van der Waals surface area contributed by atoms with E-state index in [2.05, 4.69) is 49.4 Å². The van der Waals surface area contributed by atoms with Crippen molar-refractivity contribution >= 4 is 35.1 Å². The number of benzene rings is 2. The number of unbranched alkanes of at least 4 members (excludes halogenated alkanes) is 3. The summed E-state index contributed by atoms with van der Waals surface area (Å²) in [6.07, 6.45) is 5.64. The Morgan fingerprint density at radius 1 is 0.937 bits per heavy atom. The fourth-order valence-corrected chi connectivity index (χ4v) is 9.35. The third-order valence-electron chi connectivity index (χ3n) is 12.3. The molecule has 1 saturated carbocycles. The normalized spacial score (nSPS) is 20.4. The number of ketones is 1. The van der Waals surface area contributed by atoms with Crippen LogP contribution < -0.4 is 15.4 Å². The fraction of sp³-hybridized carbons (Fsp3) is 0.531. The Labute approximate surface area is 376 Å². The largest absolute Gasteiger partial charge is 0.489 e. The van der Waals surface area contributed by atoms with E-state index in [1.54, 1.807) is 36.5 Å². The second-order valence-corrected chi connectivity index (χ2v) is 19.5. The number of aryl methyl sites for hydroxylation is 2. The summed E-state index contributed by atoms with van der Waals surface area (Å²) in [5.74, 6) is -0.586. The number of aliphatic hydroxyl groups is 1. The van der Waals surface area contributed by atoms with Gasteiger partial charge in [-0.3, -0.25) is 19.2 Å². The molecule has 63 heavy (non-hydrogen) atoms. The number of carbonyl (C=O) groups excluding carboxylic acids is 4. The molecule has 0 unspecified atom stereocenters. The zero-order chi connectivity index (χ0) is 46.1. The molecule has 3 amide bonds. The van der Waals surface area contributed by atoms with Gasteiger partial charge >= 0.3 is 0 Å². The number of hydrogen-bond donors (Lipinski definition) is 3. The SMILES string of the molecule is CC1(C)C(NC(=O)c2ccc(CCCCCCOCC(=O)N[C@H](C(=O)N3C[C@H](O)C[C@H]3C(=O)CCc3ccc(C#N)nc3)C(C)(C)C)cc2)C(C)(C)C1Oc1ccc(C#N)c(Cl)c1. The lowest BCUT2D eigenvalue weighted by atomic mass is 9.49. The molecule has 2 heterocycles. The van der Waals surface area contributed by atoms with Crippen LogP contribution in [0.3, 0.4) is 0 Å². The molecular formula is C49H61ClN6O7. The minimum absolute atomic E-state index is 0.00497. The Morgan fingerprint density at radius 3 is 2.24 bits per heavy atom. The molecule has 2 aromatic carbocycles. The van der Waals surface area contributed by atoms with Gasteiger partial charge in [0.25, 0.3) is 5.91 Å². The summed E-state index contributed by atoms with van der Waals surface area (Å²) in [6.45, 7) is 14.0. The Morgan fingerprint density at radius 2 is 1.62 bits per heavy atom. The van der Waals surface area contributed by atoms with E-state index in [0.717, 1.165) is 43.2 Å². The van der Waals surface area contributed by atoms with Gasteiger partial charge in [-0.2, -0.15) is 10.5 Å². The maximum Gasteiger partial charge on any atom is 0.251 e. The van der Waals surface area contributed by atoms with Crippen molar-refractivity contribution in [3.8, 4) is 17.9 Å². The molecule has 3 atom stereocenters. The average molecular weight is 882 g/mol. The third-order valence-corrected chi connectivity index (χ3v) is 12.6. The van der Waals surface area contributed by atoms with E-state index in [1.165, 1.54) is 4.90 Å². The number of amides is 3. The minimum atomic E-state index is -0.932. The third kappa shape index (κ3) is 12.2. The molecule has 1 aliphatic heterocycles. The molecule has 14 heteroatoms. The highest BCUT2D eigenvalue weighted by Gasteiger charge is 2.64. The summed E-state index contributed by atoms with van der Waals surface area (Å²) in [5.41, 5.74) is 1.79. The van der Waals surface area contributed by atoms with Crippen molar-refractivity contribution in [3.63, 3.8) is 0 Å². The van der Waals surface area contributed by atoms with Gasteiger partial charge in [-0.05, 0) is 72.6 Å². The molecule has 1 saturated heterocycles. The lowest BCUT2D eigenvalue weighted by Gasteiger charge is -2.63. The van der Waals surface area contributed by atoms with E-state index in [9.17, 15) is 29.5 Å². The van der Waals surface area contributed by atoms with Crippen molar-refractivity contribution in [2.45, 2.75) is 130 Å². The minimum Gasteiger partial charge on any atom is -0.489 e. The van der Waals surface area contributed by atoms with Crippen molar-refractivity contribution in [2.75, 3.05) is 19.8 Å². The standard InChI is InChI=1S/C49H61ClN6O7/c1-47(2,3)42(44(61)56-29-36(57)24-39(56)40(58)22-16-32-15-20-35(27-52)53-28-32)54-41(59)30-62-23-11-9-8-10-12-31-13-17-33(18-14-31)43(60)55-45-48(4,5)46(49(45,6)7)63-37-21-19-34(26-51)38(50)25-37/h13-15,17-21,25,28,36,39,42,45-46,57H,8-12,16,22-24,29-30H2,1-7H3,(H,54,59)(H,55,60)/t36-,39+,42-,45?,46?/m1/s1. The fourth-order valence-electron chi connectivity index (χ4n) is 9.14. The number of likely N-dealkylation sites (tertiary alicyclic amines) is 1. The van der Waals surface area contributed by atoms with Crippen molar-refractivity contribution in [2.24, 2.45) is 16.2 Å². The summed E-state index contributed by atoms with van der Waals surface area (Å²) in [4.78, 5) is 59.0. The summed E-state index contributed by atoms with van der Waals surface area (Å²) >= 11 is 6.23. The number of nitrogens with zero attached hydrogens (tertiary/aromatic N) is 4. The number of pyridine rings is 1. The molecule has 3 aromatic rings. The van der Waals surface area contributed by atoms with Crippen molar-refractivity contribution in [1.82, 2.24) is 20.5 Å². The molecule has 5 rings (SSSR count). The number of rotatable bonds is 19. The van der Waals surface area contributed by atoms with E-state index in [0.29, 0.717) is 34.9 Å². The predicted octanol–water partition coefficient (Wildman–Crippen LogP) is 6.90. The van der Waals surface area contributed by atoms with Gasteiger partial charge in [0.05, 0.1) is 22.7 Å². The zero-order valence-electron chi connectivity index (χ0n) is 37.5. The van der Waals surface area contributed by atoms with Crippen molar-refractivity contribution in [1.29, 1.82) is 10.5 Å². The van der Waals surface area contributed by atoms with Gasteiger partial charge in [0, 0.05) is 60.7 Å². The number of ether oxygens (including phenoxy) is 2. The van der Waals surface area contributed by atoms with E-state index < -0.39 is 35.4 Å². The molecule has 2 aliphatic rings. The van der Waals surface area contributed by atoms with E-state index in [4.69, 9.17) is 26.3 Å². The van der Waals surface area contributed by atoms with Crippen LogP contribution in [0.2, 0.25) is 5.02 Å². The van der Waals surface area contributed by atoms with Gasteiger partial charge in [0.1, 0.15) is 42.3 Å². The van der Waals surface area contributed by atoms with Crippen LogP contribution in [0.25, 0.3) is 0 Å². The molecule has 3 N–H and O–H groups in total. The number of carbonyl (C=O) groups is 4. The second-order valence-electron chi connectivity index (χ2n) is 19.1. The molecule has 1 aliphatic carbocycles. The first-order valence-corrected chi connectivity index (χ1v) is 22.1. The van der Waals surface area contributed by atoms with Gasteiger partial charge in [0.2, 0.25) is 11.8 Å². The van der Waals surface area contributed by atoms with Gasteiger partial charge in [0.15, 0.2) is 5.78 Å². The van der Waals surface area contributed by atoms with Crippen LogP contribution in [0.15, 0.2) is 60.8 Å². The van der Waals surface area contributed by atoms with Crippen LogP contribution in [-0.4, -0.2) is 88.6 Å². The van der Waals surface area contributed by atoms with Crippen LogP contribution in [0.4, 0.5) is 0 Å². The number of Topliss-reactive ketones (excluding diaryl/α,β-unsaturated/α-hetero) is 1. The van der Waals surface area contributed by atoms with Gasteiger partial charge in [-0.25, -0.2) is 4.98 Å². The monoisotopic (exact) mass is 880 g/mol.